The van der Waals surface area contributed by atoms with E-state index >= 15 is 0 Å². The van der Waals surface area contributed by atoms with Crippen molar-refractivity contribution in [2.75, 3.05) is 4.90 Å². The second kappa shape index (κ2) is 5.49. The SMILES string of the molecule is NC(=O)N(c1ccccc1)c1cc(Br)nc(Br)c1. The number of primary amides is 1. The van der Waals surface area contributed by atoms with Gasteiger partial charge in [0.05, 0.1) is 11.4 Å². The molecule has 2 N–H and O–H groups in total. The molecular formula is C12H9Br2N3O. The van der Waals surface area contributed by atoms with Crippen LogP contribution in [0.5, 0.6) is 0 Å². The van der Waals surface area contributed by atoms with Gasteiger partial charge in [0.25, 0.3) is 0 Å². The Labute approximate surface area is 121 Å². The molecule has 2 rings (SSSR count). The third-order valence-electron chi connectivity index (χ3n) is 2.24. The van der Waals surface area contributed by atoms with Crippen LogP contribution in [0.25, 0.3) is 0 Å². The third-order valence-corrected chi connectivity index (χ3v) is 3.05. The van der Waals surface area contributed by atoms with Gasteiger partial charge in [-0.1, -0.05) is 18.2 Å². The summed E-state index contributed by atoms with van der Waals surface area (Å²) in [7, 11) is 0. The molecule has 0 spiro atoms. The van der Waals surface area contributed by atoms with Crippen molar-refractivity contribution in [3.8, 4) is 0 Å². The highest BCUT2D eigenvalue weighted by molar-refractivity contribution is 9.11. The normalized spacial score (nSPS) is 10.1. The van der Waals surface area contributed by atoms with E-state index < -0.39 is 6.03 Å². The van der Waals surface area contributed by atoms with Crippen molar-refractivity contribution in [1.29, 1.82) is 0 Å². The Bertz CT molecular complexity index is 555. The number of amides is 2. The van der Waals surface area contributed by atoms with E-state index in [2.05, 4.69) is 36.8 Å². The second-order valence-corrected chi connectivity index (χ2v) is 5.10. The van der Waals surface area contributed by atoms with Crippen molar-refractivity contribution in [2.45, 2.75) is 0 Å². The number of aromatic nitrogens is 1. The summed E-state index contributed by atoms with van der Waals surface area (Å²) >= 11 is 6.57. The Morgan fingerprint density at radius 2 is 1.61 bits per heavy atom. The van der Waals surface area contributed by atoms with Gasteiger partial charge in [-0.15, -0.1) is 0 Å². The highest BCUT2D eigenvalue weighted by Crippen LogP contribution is 2.28. The number of pyridine rings is 1. The molecule has 2 amide bonds. The minimum absolute atomic E-state index is 0.550. The van der Waals surface area contributed by atoms with Crippen molar-refractivity contribution in [1.82, 2.24) is 4.98 Å². The molecule has 0 bridgehead atoms. The number of carbonyl (C=O) groups excluding carboxylic acids is 1. The Hall–Kier alpha value is -1.40. The molecule has 2 aromatic rings. The van der Waals surface area contributed by atoms with E-state index in [1.54, 1.807) is 12.1 Å². The largest absolute Gasteiger partial charge is 0.351 e. The van der Waals surface area contributed by atoms with Crippen LogP contribution in [0.2, 0.25) is 0 Å². The van der Waals surface area contributed by atoms with Crippen molar-refractivity contribution in [3.63, 3.8) is 0 Å². The molecule has 0 saturated carbocycles. The number of halogens is 2. The molecule has 1 heterocycles. The second-order valence-electron chi connectivity index (χ2n) is 3.48. The predicted octanol–water partition coefficient (Wildman–Crippen LogP) is 3.82. The highest BCUT2D eigenvalue weighted by atomic mass is 79.9. The molecule has 92 valence electrons. The van der Waals surface area contributed by atoms with Gasteiger partial charge in [0.1, 0.15) is 9.21 Å². The number of nitrogens with zero attached hydrogens (tertiary/aromatic N) is 2. The summed E-state index contributed by atoms with van der Waals surface area (Å²) in [5.74, 6) is 0. The average Bonchev–Trinajstić information content (AvgIpc) is 2.28. The summed E-state index contributed by atoms with van der Waals surface area (Å²) in [6.07, 6.45) is 0. The number of benzene rings is 1. The van der Waals surface area contributed by atoms with E-state index in [0.29, 0.717) is 20.6 Å². The molecule has 0 aliphatic rings. The molecule has 18 heavy (non-hydrogen) atoms. The van der Waals surface area contributed by atoms with Crippen molar-refractivity contribution >= 4 is 49.3 Å². The number of anilines is 2. The molecule has 0 aliphatic heterocycles. The summed E-state index contributed by atoms with van der Waals surface area (Å²) in [4.78, 5) is 17.2. The number of para-hydroxylation sites is 1. The Morgan fingerprint density at radius 1 is 1.06 bits per heavy atom. The summed E-state index contributed by atoms with van der Waals surface area (Å²) in [6.45, 7) is 0. The van der Waals surface area contributed by atoms with Crippen LogP contribution >= 0.6 is 31.9 Å². The van der Waals surface area contributed by atoms with Crippen LogP contribution in [0.15, 0.2) is 51.7 Å². The maximum atomic E-state index is 11.6. The van der Waals surface area contributed by atoms with E-state index in [1.807, 2.05) is 30.3 Å². The molecular weight excluding hydrogens is 362 g/mol. The maximum absolute atomic E-state index is 11.6. The lowest BCUT2D eigenvalue weighted by Gasteiger charge is -2.20. The van der Waals surface area contributed by atoms with Gasteiger partial charge in [-0.25, -0.2) is 9.78 Å². The van der Waals surface area contributed by atoms with Gasteiger partial charge < -0.3 is 5.73 Å². The maximum Gasteiger partial charge on any atom is 0.323 e. The number of urea groups is 1. The summed E-state index contributed by atoms with van der Waals surface area (Å²) < 4.78 is 1.24. The standard InChI is InChI=1S/C12H9Br2N3O/c13-10-6-9(7-11(14)16-10)17(12(15)18)8-4-2-1-3-5-8/h1-7H,(H2,15,18). The number of rotatable bonds is 2. The summed E-state index contributed by atoms with van der Waals surface area (Å²) in [6, 6.07) is 12.1. The molecule has 0 fully saturated rings. The fourth-order valence-corrected chi connectivity index (χ4v) is 2.65. The van der Waals surface area contributed by atoms with E-state index in [1.165, 1.54) is 4.90 Å². The molecule has 4 nitrogen and oxygen atoms in total. The first-order chi connectivity index (χ1) is 8.58. The van der Waals surface area contributed by atoms with E-state index in [0.717, 1.165) is 0 Å². The number of nitrogens with two attached hydrogens (primary N) is 1. The number of hydrogen-bond acceptors (Lipinski definition) is 2. The third kappa shape index (κ3) is 2.88. The lowest BCUT2D eigenvalue weighted by molar-refractivity contribution is 0.256. The zero-order chi connectivity index (χ0) is 13.1. The van der Waals surface area contributed by atoms with Crippen LogP contribution in [-0.2, 0) is 0 Å². The summed E-state index contributed by atoms with van der Waals surface area (Å²) in [5, 5.41) is 0. The van der Waals surface area contributed by atoms with Crippen LogP contribution in [-0.4, -0.2) is 11.0 Å². The first kappa shape index (κ1) is 13.0. The van der Waals surface area contributed by atoms with Crippen molar-refractivity contribution in [2.24, 2.45) is 5.73 Å². The van der Waals surface area contributed by atoms with Gasteiger partial charge in [-0.05, 0) is 56.1 Å². The molecule has 0 saturated heterocycles. The van der Waals surface area contributed by atoms with Crippen LogP contribution in [0.3, 0.4) is 0 Å². The van der Waals surface area contributed by atoms with Gasteiger partial charge in [-0.3, -0.25) is 4.90 Å². The smallest absolute Gasteiger partial charge is 0.323 e. The molecule has 0 unspecified atom stereocenters. The first-order valence-corrected chi connectivity index (χ1v) is 6.64. The molecule has 0 radical (unpaired) electrons. The zero-order valence-electron chi connectivity index (χ0n) is 9.18. The van der Waals surface area contributed by atoms with E-state index in [9.17, 15) is 4.79 Å². The average molecular weight is 371 g/mol. The van der Waals surface area contributed by atoms with Gasteiger partial charge in [0.15, 0.2) is 0 Å². The van der Waals surface area contributed by atoms with Crippen molar-refractivity contribution in [3.05, 3.63) is 51.7 Å². The quantitative estimate of drug-likeness (QED) is 0.816. The monoisotopic (exact) mass is 369 g/mol. The fraction of sp³-hybridized carbons (Fsp3) is 0. The Kier molecular flexibility index (Phi) is 3.98. The number of carbonyl (C=O) groups is 1. The summed E-state index contributed by atoms with van der Waals surface area (Å²) in [5.41, 5.74) is 6.78. The molecule has 6 heteroatoms. The van der Waals surface area contributed by atoms with Crippen molar-refractivity contribution < 1.29 is 4.79 Å². The van der Waals surface area contributed by atoms with Gasteiger partial charge in [0, 0.05) is 0 Å². The zero-order valence-corrected chi connectivity index (χ0v) is 12.3. The lowest BCUT2D eigenvalue weighted by atomic mass is 10.2. The Balaban J connectivity index is 2.52. The lowest BCUT2D eigenvalue weighted by Crippen LogP contribution is -2.31. The fourth-order valence-electron chi connectivity index (χ4n) is 1.56. The van der Waals surface area contributed by atoms with Crippen LogP contribution in [0, 0.1) is 0 Å². The topological polar surface area (TPSA) is 59.2 Å². The van der Waals surface area contributed by atoms with Crippen LogP contribution < -0.4 is 10.6 Å². The Morgan fingerprint density at radius 3 is 2.11 bits per heavy atom. The minimum atomic E-state index is -0.550. The van der Waals surface area contributed by atoms with Gasteiger partial charge in [0.2, 0.25) is 0 Å². The molecule has 1 aromatic carbocycles. The molecule has 0 atom stereocenters. The molecule has 0 aliphatic carbocycles. The van der Waals surface area contributed by atoms with Gasteiger partial charge in [-0.2, -0.15) is 0 Å². The molecule has 1 aromatic heterocycles. The van der Waals surface area contributed by atoms with Gasteiger partial charge >= 0.3 is 6.03 Å². The predicted molar refractivity (Wildman–Crippen MR) is 77.8 cm³/mol. The first-order valence-electron chi connectivity index (χ1n) is 5.05. The minimum Gasteiger partial charge on any atom is -0.351 e. The number of hydrogen-bond donors (Lipinski definition) is 1. The van der Waals surface area contributed by atoms with Crippen LogP contribution in [0.1, 0.15) is 0 Å². The van der Waals surface area contributed by atoms with E-state index in [4.69, 9.17) is 5.73 Å². The highest BCUT2D eigenvalue weighted by Gasteiger charge is 2.15. The van der Waals surface area contributed by atoms with E-state index in [-0.39, 0.29) is 0 Å². The van der Waals surface area contributed by atoms with Crippen LogP contribution in [0.4, 0.5) is 16.2 Å².